The summed E-state index contributed by atoms with van der Waals surface area (Å²) in [6, 6.07) is 1.41. The molecule has 1 aliphatic carbocycles. The largest absolute Gasteiger partial charge is 0.348 e. The van der Waals surface area contributed by atoms with Crippen LogP contribution in [-0.4, -0.2) is 35.5 Å². The van der Waals surface area contributed by atoms with E-state index in [1.807, 2.05) is 0 Å². The molecule has 2 heterocycles. The van der Waals surface area contributed by atoms with Crippen molar-refractivity contribution in [3.8, 4) is 0 Å². The molecule has 2 N–H and O–H groups in total. The van der Waals surface area contributed by atoms with Crippen molar-refractivity contribution in [1.82, 2.24) is 15.2 Å². The lowest BCUT2D eigenvalue weighted by molar-refractivity contribution is 0.0932. The van der Waals surface area contributed by atoms with Crippen molar-refractivity contribution in [2.24, 2.45) is 0 Å². The zero-order valence-corrected chi connectivity index (χ0v) is 9.77. The number of rotatable bonds is 0. The van der Waals surface area contributed by atoms with Gasteiger partial charge in [-0.3, -0.25) is 4.79 Å². The summed E-state index contributed by atoms with van der Waals surface area (Å²) >= 11 is 0. The minimum absolute atomic E-state index is 0. The Bertz CT molecular complexity index is 565. The first-order valence-corrected chi connectivity index (χ1v) is 6.97. The Kier molecular flexibility index (Phi) is 3.05. The van der Waals surface area contributed by atoms with Gasteiger partial charge in [-0.25, -0.2) is 13.2 Å². The number of aromatic nitrogens is 2. The topological polar surface area (TPSA) is 93.1 Å². The van der Waals surface area contributed by atoms with E-state index in [1.54, 1.807) is 0 Å². The molecule has 0 radical (unpaired) electrons. The van der Waals surface area contributed by atoms with E-state index >= 15 is 0 Å². The third-order valence-electron chi connectivity index (χ3n) is 3.20. The Morgan fingerprint density at radius 2 is 2.17 bits per heavy atom. The molecule has 1 aliphatic heterocycles. The van der Waals surface area contributed by atoms with Crippen molar-refractivity contribution in [1.29, 1.82) is 0 Å². The van der Waals surface area contributed by atoms with Gasteiger partial charge in [0, 0.05) is 6.04 Å². The predicted molar refractivity (Wildman–Crippen MR) is 66.1 cm³/mol. The highest BCUT2D eigenvalue weighted by Gasteiger charge is 2.36. The van der Waals surface area contributed by atoms with Gasteiger partial charge >= 0.3 is 0 Å². The van der Waals surface area contributed by atoms with E-state index in [1.165, 1.54) is 12.3 Å². The summed E-state index contributed by atoms with van der Waals surface area (Å²) in [6.07, 6.45) is 3.13. The number of carbonyl (C=O) groups is 1. The first-order valence-electron chi connectivity index (χ1n) is 5.43. The van der Waals surface area contributed by atoms with Gasteiger partial charge in [0.1, 0.15) is 0 Å². The van der Waals surface area contributed by atoms with Gasteiger partial charge in [-0.1, -0.05) is 7.43 Å². The summed E-state index contributed by atoms with van der Waals surface area (Å²) < 4.78 is 24.0. The normalized spacial score (nSPS) is 28.8. The summed E-state index contributed by atoms with van der Waals surface area (Å²) in [5.74, 6) is -0.254. The summed E-state index contributed by atoms with van der Waals surface area (Å²) in [5.41, 5.74) is 0.220. The lowest BCUT2D eigenvalue weighted by Crippen LogP contribution is -2.38. The van der Waals surface area contributed by atoms with Crippen molar-refractivity contribution >= 4 is 15.9 Å². The van der Waals surface area contributed by atoms with Crippen LogP contribution in [0.1, 0.15) is 37.2 Å². The monoisotopic (exact) mass is 272 g/mol. The molecule has 8 heteroatoms. The van der Waals surface area contributed by atoms with E-state index in [-0.39, 0.29) is 25.1 Å². The molecule has 1 saturated carbocycles. The molecule has 3 rings (SSSR count). The molecule has 2 atom stereocenters. The second-order valence-electron chi connectivity index (χ2n) is 4.39. The molecule has 7 nitrogen and oxygen atoms in total. The van der Waals surface area contributed by atoms with Crippen LogP contribution in [0.25, 0.3) is 0 Å². The molecule has 0 saturated heterocycles. The Morgan fingerprint density at radius 3 is 2.94 bits per heavy atom. The number of fused-ring (bicyclic) bond motifs is 4. The maximum Gasteiger partial charge on any atom is 0.272 e. The van der Waals surface area contributed by atoms with Crippen LogP contribution in [0.3, 0.4) is 0 Å². The van der Waals surface area contributed by atoms with Crippen LogP contribution in [0.15, 0.2) is 12.3 Å². The van der Waals surface area contributed by atoms with Gasteiger partial charge in [0.05, 0.1) is 11.4 Å². The molecule has 18 heavy (non-hydrogen) atoms. The highest BCUT2D eigenvalue weighted by Crippen LogP contribution is 2.26. The molecule has 1 aromatic rings. The zero-order chi connectivity index (χ0) is 12.0. The quantitative estimate of drug-likeness (QED) is 0.698. The van der Waals surface area contributed by atoms with E-state index in [9.17, 15) is 13.2 Å². The Morgan fingerprint density at radius 1 is 1.39 bits per heavy atom. The lowest BCUT2D eigenvalue weighted by atomic mass is 10.2. The van der Waals surface area contributed by atoms with E-state index in [4.69, 9.17) is 0 Å². The van der Waals surface area contributed by atoms with Gasteiger partial charge in [0.15, 0.2) is 5.69 Å². The van der Waals surface area contributed by atoms with Gasteiger partial charge in [-0.05, 0) is 25.3 Å². The van der Waals surface area contributed by atoms with Crippen molar-refractivity contribution in [3.63, 3.8) is 0 Å². The van der Waals surface area contributed by atoms with E-state index in [0.29, 0.717) is 19.3 Å². The van der Waals surface area contributed by atoms with Crippen LogP contribution in [0.2, 0.25) is 0 Å². The van der Waals surface area contributed by atoms with Gasteiger partial charge in [-0.2, -0.15) is 4.79 Å². The molecule has 2 unspecified atom stereocenters. The van der Waals surface area contributed by atoms with Crippen molar-refractivity contribution in [3.05, 3.63) is 18.0 Å². The molecule has 0 spiro atoms. The second-order valence-corrected chi connectivity index (χ2v) is 6.33. The van der Waals surface area contributed by atoms with Crippen molar-refractivity contribution < 1.29 is 13.2 Å². The molecule has 2 aliphatic rings. The number of hydrogen-bond acceptors (Lipinski definition) is 4. The fraction of sp³-hybridized carbons (Fsp3) is 0.600. The Balaban J connectivity index is 0.00000120. The molecule has 1 aromatic heterocycles. The van der Waals surface area contributed by atoms with Crippen LogP contribution in [0, 0.1) is 0 Å². The SMILES string of the molecule is C.O=C1NC2CCC(C2)S(=O)(=O)Nn2ccc1n2. The van der Waals surface area contributed by atoms with Gasteiger partial charge in [0.2, 0.25) is 10.0 Å². The molecular weight excluding hydrogens is 256 g/mol. The van der Waals surface area contributed by atoms with E-state index < -0.39 is 15.3 Å². The lowest BCUT2D eigenvalue weighted by Gasteiger charge is -2.16. The third-order valence-corrected chi connectivity index (χ3v) is 4.95. The first-order chi connectivity index (χ1) is 8.04. The van der Waals surface area contributed by atoms with Crippen molar-refractivity contribution in [2.75, 3.05) is 4.83 Å². The zero-order valence-electron chi connectivity index (χ0n) is 8.96. The molecule has 100 valence electrons. The number of sulfonamides is 1. The molecule has 4 bridgehead atoms. The molecular formula is C10H16N4O3S. The summed E-state index contributed by atoms with van der Waals surface area (Å²) in [5, 5.41) is 6.20. The van der Waals surface area contributed by atoms with E-state index in [2.05, 4.69) is 15.2 Å². The van der Waals surface area contributed by atoms with Gasteiger partial charge < -0.3 is 5.32 Å². The third kappa shape index (κ3) is 2.07. The maximum absolute atomic E-state index is 12.0. The van der Waals surface area contributed by atoms with Crippen LogP contribution in [-0.2, 0) is 10.0 Å². The highest BCUT2D eigenvalue weighted by molar-refractivity contribution is 7.92. The molecule has 1 amide bonds. The summed E-state index contributed by atoms with van der Waals surface area (Å²) in [6.45, 7) is 0. The van der Waals surface area contributed by atoms with Crippen LogP contribution < -0.4 is 10.1 Å². The second kappa shape index (κ2) is 4.27. The van der Waals surface area contributed by atoms with Crippen LogP contribution >= 0.6 is 0 Å². The van der Waals surface area contributed by atoms with E-state index in [0.717, 1.165) is 4.79 Å². The molecule has 1 fully saturated rings. The van der Waals surface area contributed by atoms with Crippen molar-refractivity contribution in [2.45, 2.75) is 38.0 Å². The number of nitrogens with zero attached hydrogens (tertiary/aromatic N) is 2. The predicted octanol–water partition coefficient (Wildman–Crippen LogP) is 0.0570. The van der Waals surface area contributed by atoms with Crippen LogP contribution in [0.5, 0.6) is 0 Å². The Labute approximate surface area is 106 Å². The fourth-order valence-electron chi connectivity index (χ4n) is 2.31. The summed E-state index contributed by atoms with van der Waals surface area (Å²) in [4.78, 5) is 15.2. The number of hydrogen-bond donors (Lipinski definition) is 2. The molecule has 0 aromatic carbocycles. The van der Waals surface area contributed by atoms with Crippen LogP contribution in [0.4, 0.5) is 0 Å². The smallest absolute Gasteiger partial charge is 0.272 e. The van der Waals surface area contributed by atoms with Gasteiger partial charge in [0.25, 0.3) is 5.91 Å². The average molecular weight is 272 g/mol. The highest BCUT2D eigenvalue weighted by atomic mass is 32.2. The fourth-order valence-corrected chi connectivity index (χ4v) is 3.76. The van der Waals surface area contributed by atoms with Gasteiger partial charge in [-0.15, -0.1) is 5.10 Å². The first kappa shape index (κ1) is 12.9. The number of amides is 1. The standard InChI is InChI=1S/C9H12N4O3S.CH4/c14-9-8-3-4-13(11-8)12-17(15,16)7-2-1-6(5-7)10-9;/h3-4,6-7,12H,1-2,5H2,(H,10,14);1H4. The summed E-state index contributed by atoms with van der Waals surface area (Å²) in [7, 11) is -3.42. The number of nitrogens with one attached hydrogen (secondary N) is 2. The average Bonchev–Trinajstić information content (AvgIpc) is 2.85. The minimum atomic E-state index is -3.42. The Hall–Kier alpha value is -1.57. The number of carbonyl (C=O) groups excluding carboxylic acids is 1. The minimum Gasteiger partial charge on any atom is -0.348 e. The maximum atomic E-state index is 12.0.